The lowest BCUT2D eigenvalue weighted by Gasteiger charge is -2.28. The third kappa shape index (κ3) is 5.38. The van der Waals surface area contributed by atoms with Gasteiger partial charge in [-0.3, -0.25) is 0 Å². The fraction of sp³-hybridized carbons (Fsp3) is 0.226. The number of hydrogen-bond acceptors (Lipinski definition) is 3. The molecular weight excluding hydrogens is 496 g/mol. The lowest BCUT2D eigenvalue weighted by atomic mass is 9.86. The Morgan fingerprint density at radius 1 is 1.00 bits per heavy atom. The molecule has 2 N–H and O–H groups in total. The molecule has 35 heavy (non-hydrogen) atoms. The van der Waals surface area contributed by atoms with Gasteiger partial charge in [0.05, 0.1) is 0 Å². The molecule has 3 aliphatic rings. The first kappa shape index (κ1) is 23.5. The number of nitrogens with two attached hydrogens (primary N) is 1. The Bertz CT molecular complexity index is 1270. The van der Waals surface area contributed by atoms with E-state index in [1.54, 1.807) is 0 Å². The summed E-state index contributed by atoms with van der Waals surface area (Å²) in [7, 11) is 0. The summed E-state index contributed by atoms with van der Waals surface area (Å²) in [5.41, 5.74) is 14.1. The summed E-state index contributed by atoms with van der Waals surface area (Å²) in [6, 6.07) is 20.8. The molecule has 3 aromatic carbocycles. The second kappa shape index (κ2) is 10.6. The molecule has 0 amide bonds. The van der Waals surface area contributed by atoms with Crippen molar-refractivity contribution in [3.05, 3.63) is 119 Å². The van der Waals surface area contributed by atoms with Crippen molar-refractivity contribution in [2.24, 2.45) is 0 Å². The molecule has 0 saturated carbocycles. The molecule has 3 aromatic rings. The smallest absolute Gasteiger partial charge is 0.133 e. The van der Waals surface area contributed by atoms with Crippen molar-refractivity contribution in [2.75, 3.05) is 29.1 Å². The molecule has 0 aromatic heterocycles. The predicted octanol–water partition coefficient (Wildman–Crippen LogP) is 7.76. The quantitative estimate of drug-likeness (QED) is 0.164. The Morgan fingerprint density at radius 2 is 1.74 bits per heavy atom. The minimum Gasteiger partial charge on any atom is -0.457 e. The molecule has 2 aliphatic heterocycles. The van der Waals surface area contributed by atoms with Gasteiger partial charge in [0.25, 0.3) is 0 Å². The summed E-state index contributed by atoms with van der Waals surface area (Å²) in [6.07, 6.45) is 12.0. The molecule has 3 nitrogen and oxygen atoms in total. The van der Waals surface area contributed by atoms with Gasteiger partial charge < -0.3 is 15.4 Å². The van der Waals surface area contributed by atoms with Gasteiger partial charge in [0.1, 0.15) is 11.5 Å². The van der Waals surface area contributed by atoms with Crippen LogP contribution in [0.5, 0.6) is 11.5 Å². The number of halogens is 1. The molecule has 1 saturated heterocycles. The molecule has 4 heteroatoms. The number of hydrogen-bond donors (Lipinski definition) is 1. The Balaban J connectivity index is 0.000000313. The molecular formula is C31H31BrN2O. The van der Waals surface area contributed by atoms with Gasteiger partial charge in [-0.1, -0.05) is 77.1 Å². The van der Waals surface area contributed by atoms with Gasteiger partial charge in [-0.15, -0.1) is 0 Å². The number of nitrogen functional groups attached to an aromatic ring is 1. The van der Waals surface area contributed by atoms with Crippen LogP contribution in [0.4, 0.5) is 11.4 Å². The van der Waals surface area contributed by atoms with Gasteiger partial charge in [-0.25, -0.2) is 0 Å². The van der Waals surface area contributed by atoms with Crippen molar-refractivity contribution in [3.63, 3.8) is 0 Å². The summed E-state index contributed by atoms with van der Waals surface area (Å²) in [5.74, 6) is 2.23. The number of fused-ring (bicyclic) bond motifs is 3. The molecule has 0 bridgehead atoms. The van der Waals surface area contributed by atoms with E-state index in [4.69, 9.17) is 10.5 Å². The highest BCUT2D eigenvalue weighted by atomic mass is 79.9. The van der Waals surface area contributed by atoms with Crippen molar-refractivity contribution in [2.45, 2.75) is 25.2 Å². The van der Waals surface area contributed by atoms with Crippen molar-refractivity contribution >= 4 is 27.3 Å². The van der Waals surface area contributed by atoms with Crippen LogP contribution < -0.4 is 15.4 Å². The maximum atomic E-state index is 6.42. The minimum absolute atomic E-state index is 0.208. The van der Waals surface area contributed by atoms with E-state index in [0.717, 1.165) is 42.0 Å². The van der Waals surface area contributed by atoms with Gasteiger partial charge in [0, 0.05) is 52.9 Å². The summed E-state index contributed by atoms with van der Waals surface area (Å²) in [6.45, 7) is 6.09. The van der Waals surface area contributed by atoms with Crippen molar-refractivity contribution in [1.29, 1.82) is 0 Å². The lowest BCUT2D eigenvalue weighted by molar-refractivity contribution is 0.454. The minimum atomic E-state index is 0.208. The van der Waals surface area contributed by atoms with Crippen molar-refractivity contribution in [3.8, 4) is 11.5 Å². The fourth-order valence-electron chi connectivity index (χ4n) is 4.79. The van der Waals surface area contributed by atoms with E-state index in [1.807, 2.05) is 42.5 Å². The van der Waals surface area contributed by atoms with Crippen LogP contribution in [0.1, 0.15) is 41.0 Å². The zero-order valence-electron chi connectivity index (χ0n) is 19.9. The highest BCUT2D eigenvalue weighted by Crippen LogP contribution is 2.49. The average Bonchev–Trinajstić information content (AvgIpc) is 3.41. The molecule has 178 valence electrons. The molecule has 0 radical (unpaired) electrons. The number of para-hydroxylation sites is 1. The highest BCUT2D eigenvalue weighted by Gasteiger charge is 2.31. The molecule has 6 rings (SSSR count). The summed E-state index contributed by atoms with van der Waals surface area (Å²) >= 11 is 3.64. The Kier molecular flexibility index (Phi) is 7.10. The van der Waals surface area contributed by atoms with E-state index < -0.39 is 0 Å². The SMILES string of the molecule is C=C/C=C\C(=C\C1c2ccc(N3CCCC3)cc2Oc2cc3c(cc21)C3)CBr.Nc1ccccc1. The first-order chi connectivity index (χ1) is 17.2. The first-order valence-corrected chi connectivity index (χ1v) is 13.4. The van der Waals surface area contributed by atoms with E-state index in [-0.39, 0.29) is 5.92 Å². The Morgan fingerprint density at radius 3 is 2.43 bits per heavy atom. The standard InChI is InChI=1S/C25H24BrNO.C6H7N/c1-2-3-6-17(16-26)11-22-21-8-7-20(27-9-4-5-10-27)15-25(21)28-24-14-19-12-18(19)13-23(22)24;7-6-4-2-1-3-5-6/h2-3,6-8,11,13-15,22H,1,4-5,9-10,12,16H2;1-5H,7H2/b6-3-,17-11-;. The average molecular weight is 528 g/mol. The Labute approximate surface area is 216 Å². The van der Waals surface area contributed by atoms with E-state index in [2.05, 4.69) is 69.9 Å². The van der Waals surface area contributed by atoms with Crippen LogP contribution in [0.25, 0.3) is 0 Å². The van der Waals surface area contributed by atoms with Crippen molar-refractivity contribution < 1.29 is 4.74 Å². The van der Waals surface area contributed by atoms with E-state index >= 15 is 0 Å². The Hall–Kier alpha value is -3.24. The van der Waals surface area contributed by atoms with Crippen LogP contribution in [0.15, 0.2) is 97.1 Å². The van der Waals surface area contributed by atoms with Crippen molar-refractivity contribution in [1.82, 2.24) is 0 Å². The van der Waals surface area contributed by atoms with Gasteiger partial charge in [-0.05, 0) is 60.2 Å². The molecule has 0 spiro atoms. The maximum absolute atomic E-state index is 6.42. The largest absolute Gasteiger partial charge is 0.457 e. The number of ether oxygens (including phenoxy) is 1. The number of allylic oxidation sites excluding steroid dienone is 5. The van der Waals surface area contributed by atoms with Gasteiger partial charge >= 0.3 is 0 Å². The van der Waals surface area contributed by atoms with Crippen LogP contribution >= 0.6 is 15.9 Å². The van der Waals surface area contributed by atoms with Crippen LogP contribution in [0, 0.1) is 0 Å². The summed E-state index contributed by atoms with van der Waals surface area (Å²) in [4.78, 5) is 2.47. The third-order valence-corrected chi connectivity index (χ3v) is 7.37. The first-order valence-electron chi connectivity index (χ1n) is 12.2. The number of rotatable bonds is 5. The van der Waals surface area contributed by atoms with E-state index in [9.17, 15) is 0 Å². The number of benzene rings is 3. The fourth-order valence-corrected chi connectivity index (χ4v) is 5.16. The van der Waals surface area contributed by atoms with Crippen LogP contribution in [-0.2, 0) is 6.42 Å². The topological polar surface area (TPSA) is 38.5 Å². The normalized spacial score (nSPS) is 17.6. The molecule has 2 heterocycles. The molecule has 1 atom stereocenters. The molecule has 1 aliphatic carbocycles. The molecule has 1 unspecified atom stereocenters. The van der Waals surface area contributed by atoms with Gasteiger partial charge in [0.2, 0.25) is 0 Å². The second-order valence-corrected chi connectivity index (χ2v) is 9.77. The third-order valence-electron chi connectivity index (χ3n) is 6.73. The van der Waals surface area contributed by atoms with Crippen LogP contribution in [-0.4, -0.2) is 18.4 Å². The lowest BCUT2D eigenvalue weighted by Crippen LogP contribution is -2.18. The summed E-state index contributed by atoms with van der Waals surface area (Å²) in [5, 5.41) is 0.816. The van der Waals surface area contributed by atoms with Gasteiger partial charge in [0.15, 0.2) is 0 Å². The monoisotopic (exact) mass is 526 g/mol. The second-order valence-electron chi connectivity index (χ2n) is 9.21. The highest BCUT2D eigenvalue weighted by molar-refractivity contribution is 9.09. The zero-order valence-corrected chi connectivity index (χ0v) is 21.5. The number of anilines is 2. The van der Waals surface area contributed by atoms with E-state index in [0.29, 0.717) is 0 Å². The maximum Gasteiger partial charge on any atom is 0.133 e. The summed E-state index contributed by atoms with van der Waals surface area (Å²) < 4.78 is 6.42. The molecule has 1 fully saturated rings. The van der Waals surface area contributed by atoms with E-state index in [1.165, 1.54) is 46.4 Å². The number of alkyl halides is 1. The number of nitrogens with zero attached hydrogens (tertiary/aromatic N) is 1. The van der Waals surface area contributed by atoms with Crippen LogP contribution in [0.2, 0.25) is 0 Å². The predicted molar refractivity (Wildman–Crippen MR) is 151 cm³/mol. The van der Waals surface area contributed by atoms with Crippen LogP contribution in [0.3, 0.4) is 0 Å². The zero-order chi connectivity index (χ0) is 24.2. The van der Waals surface area contributed by atoms with Gasteiger partial charge in [-0.2, -0.15) is 0 Å².